The average molecular weight is 449 g/mol. The summed E-state index contributed by atoms with van der Waals surface area (Å²) in [7, 11) is 1.57. The van der Waals surface area contributed by atoms with Crippen LogP contribution in [0.15, 0.2) is 72.8 Å². The molecule has 0 spiro atoms. The molecule has 0 N–H and O–H groups in total. The number of aromatic nitrogens is 1. The van der Waals surface area contributed by atoms with Gasteiger partial charge in [0.1, 0.15) is 5.75 Å². The first kappa shape index (κ1) is 21.6. The summed E-state index contributed by atoms with van der Waals surface area (Å²) in [5, 5.41) is 0.617. The molecule has 1 heterocycles. The van der Waals surface area contributed by atoms with Gasteiger partial charge in [0.05, 0.1) is 30.5 Å². The zero-order valence-electron chi connectivity index (χ0n) is 18.0. The number of nitrogens with zero attached hydrogens (tertiary/aromatic N) is 2. The highest BCUT2D eigenvalue weighted by Gasteiger charge is 2.21. The van der Waals surface area contributed by atoms with Crippen molar-refractivity contribution in [2.24, 2.45) is 0 Å². The number of para-hydroxylation sites is 2. The lowest BCUT2D eigenvalue weighted by Gasteiger charge is -2.20. The number of anilines is 1. The fourth-order valence-corrected chi connectivity index (χ4v) is 4.26. The molecule has 0 bridgehead atoms. The lowest BCUT2D eigenvalue weighted by Crippen LogP contribution is -2.34. The first-order valence-corrected chi connectivity index (χ1v) is 11.1. The summed E-state index contributed by atoms with van der Waals surface area (Å²) < 4.78 is 17.7. The number of carbonyl (C=O) groups is 1. The average Bonchev–Trinajstić information content (AvgIpc) is 3.25. The zero-order chi connectivity index (χ0) is 22.3. The fourth-order valence-electron chi connectivity index (χ4n) is 3.25. The number of methoxy groups -OCH3 is 1. The normalized spacial score (nSPS) is 10.7. The Hall–Kier alpha value is -3.58. The molecule has 4 rings (SSSR count). The highest BCUT2D eigenvalue weighted by molar-refractivity contribution is 7.22. The maximum Gasteiger partial charge on any atom is 0.267 e. The Morgan fingerprint density at radius 2 is 1.72 bits per heavy atom. The van der Waals surface area contributed by atoms with Crippen LogP contribution in [0.3, 0.4) is 0 Å². The van der Waals surface area contributed by atoms with Crippen LogP contribution in [0, 0.1) is 0 Å². The van der Waals surface area contributed by atoms with Gasteiger partial charge in [0.25, 0.3) is 5.91 Å². The third-order valence-electron chi connectivity index (χ3n) is 4.80. The van der Waals surface area contributed by atoms with Crippen molar-refractivity contribution in [1.29, 1.82) is 0 Å². The lowest BCUT2D eigenvalue weighted by atomic mass is 10.2. The molecule has 164 valence electrons. The number of hydrogen-bond acceptors (Lipinski definition) is 6. The number of fused-ring (bicyclic) bond motifs is 1. The number of carbonyl (C=O) groups excluding carboxylic acids is 1. The van der Waals surface area contributed by atoms with Crippen LogP contribution in [0.25, 0.3) is 10.2 Å². The van der Waals surface area contributed by atoms with Crippen molar-refractivity contribution >= 4 is 32.6 Å². The number of amides is 1. The summed E-state index contributed by atoms with van der Waals surface area (Å²) in [5.41, 5.74) is 1.83. The van der Waals surface area contributed by atoms with Gasteiger partial charge in [-0.2, -0.15) is 0 Å². The molecule has 4 aromatic rings. The van der Waals surface area contributed by atoms with Crippen LogP contribution >= 0.6 is 11.3 Å². The molecule has 0 saturated heterocycles. The highest BCUT2D eigenvalue weighted by atomic mass is 32.1. The lowest BCUT2D eigenvalue weighted by molar-refractivity contribution is -0.120. The van der Waals surface area contributed by atoms with Gasteiger partial charge in [-0.25, -0.2) is 4.98 Å². The van der Waals surface area contributed by atoms with E-state index in [1.165, 1.54) is 11.3 Å². The third-order valence-corrected chi connectivity index (χ3v) is 5.84. The Morgan fingerprint density at radius 1 is 0.969 bits per heavy atom. The number of ether oxygens (including phenoxy) is 3. The Labute approximate surface area is 191 Å². The van der Waals surface area contributed by atoms with Crippen LogP contribution in [0.4, 0.5) is 5.13 Å². The summed E-state index contributed by atoms with van der Waals surface area (Å²) in [6.07, 6.45) is 0. The molecule has 0 saturated carbocycles. The molecule has 0 unspecified atom stereocenters. The Balaban J connectivity index is 1.61. The fraction of sp³-hybridized carbons (Fsp3) is 0.200. The minimum Gasteiger partial charge on any atom is -0.494 e. The second-order valence-corrected chi connectivity index (χ2v) is 7.97. The molecule has 0 fully saturated rings. The zero-order valence-corrected chi connectivity index (χ0v) is 18.8. The van der Waals surface area contributed by atoms with Crippen LogP contribution in [0.1, 0.15) is 12.5 Å². The highest BCUT2D eigenvalue weighted by Crippen LogP contribution is 2.33. The van der Waals surface area contributed by atoms with E-state index in [0.717, 1.165) is 21.5 Å². The third kappa shape index (κ3) is 5.00. The van der Waals surface area contributed by atoms with Crippen LogP contribution < -0.4 is 19.1 Å². The Kier molecular flexibility index (Phi) is 6.87. The van der Waals surface area contributed by atoms with Crippen LogP contribution in [0.5, 0.6) is 17.2 Å². The van der Waals surface area contributed by atoms with E-state index in [1.807, 2.05) is 67.6 Å². The van der Waals surface area contributed by atoms with Crippen molar-refractivity contribution in [1.82, 2.24) is 4.98 Å². The first-order valence-electron chi connectivity index (χ1n) is 10.3. The van der Waals surface area contributed by atoms with Gasteiger partial charge in [0, 0.05) is 0 Å². The molecule has 0 aliphatic rings. The van der Waals surface area contributed by atoms with E-state index in [1.54, 1.807) is 24.1 Å². The molecule has 1 aromatic heterocycles. The summed E-state index contributed by atoms with van der Waals surface area (Å²) in [6, 6.07) is 22.9. The smallest absolute Gasteiger partial charge is 0.267 e. The van der Waals surface area contributed by atoms with E-state index in [0.29, 0.717) is 29.8 Å². The molecule has 6 nitrogen and oxygen atoms in total. The molecular formula is C25H24N2O4S. The number of hydrogen-bond donors (Lipinski definition) is 0. The van der Waals surface area contributed by atoms with Crippen molar-refractivity contribution in [2.75, 3.05) is 25.2 Å². The van der Waals surface area contributed by atoms with Crippen LogP contribution in [-0.4, -0.2) is 31.2 Å². The molecule has 7 heteroatoms. The minimum atomic E-state index is -0.191. The van der Waals surface area contributed by atoms with E-state index >= 15 is 0 Å². The first-order chi connectivity index (χ1) is 15.7. The largest absolute Gasteiger partial charge is 0.494 e. The van der Waals surface area contributed by atoms with Crippen LogP contribution in [0.2, 0.25) is 0 Å². The molecule has 0 aliphatic heterocycles. The van der Waals surface area contributed by atoms with Gasteiger partial charge in [-0.1, -0.05) is 53.8 Å². The van der Waals surface area contributed by atoms with Crippen molar-refractivity contribution < 1.29 is 19.0 Å². The summed E-state index contributed by atoms with van der Waals surface area (Å²) in [6.45, 7) is 2.81. The van der Waals surface area contributed by atoms with Crippen LogP contribution in [-0.2, 0) is 11.3 Å². The van der Waals surface area contributed by atoms with Gasteiger partial charge < -0.3 is 14.2 Å². The summed E-state index contributed by atoms with van der Waals surface area (Å²) in [5.74, 6) is 1.70. The topological polar surface area (TPSA) is 60.9 Å². The van der Waals surface area contributed by atoms with Gasteiger partial charge in [-0.3, -0.25) is 9.69 Å². The maximum atomic E-state index is 13.3. The summed E-state index contributed by atoms with van der Waals surface area (Å²) in [4.78, 5) is 19.6. The monoisotopic (exact) mass is 448 g/mol. The SMILES string of the molecule is CCOc1ccc2nc(N(Cc3ccccc3)C(=O)COc3ccccc3OC)sc2c1. The number of thiazole rings is 1. The second-order valence-electron chi connectivity index (χ2n) is 6.96. The minimum absolute atomic E-state index is 0.132. The molecule has 1 amide bonds. The molecular weight excluding hydrogens is 424 g/mol. The van der Waals surface area contributed by atoms with E-state index in [-0.39, 0.29) is 12.5 Å². The maximum absolute atomic E-state index is 13.3. The number of benzene rings is 3. The predicted molar refractivity (Wildman–Crippen MR) is 127 cm³/mol. The molecule has 32 heavy (non-hydrogen) atoms. The quantitative estimate of drug-likeness (QED) is 0.347. The molecule has 0 atom stereocenters. The standard InChI is InChI=1S/C25H24N2O4S/c1-3-30-19-13-14-20-23(15-19)32-25(26-20)27(16-18-9-5-4-6-10-18)24(28)17-31-22-12-8-7-11-21(22)29-2/h4-15H,3,16-17H2,1-2H3. The molecule has 0 radical (unpaired) electrons. The second kappa shape index (κ2) is 10.2. The van der Waals surface area contributed by atoms with Gasteiger partial charge in [0.15, 0.2) is 23.2 Å². The van der Waals surface area contributed by atoms with E-state index in [2.05, 4.69) is 0 Å². The Morgan fingerprint density at radius 3 is 2.47 bits per heavy atom. The summed E-state index contributed by atoms with van der Waals surface area (Å²) >= 11 is 1.46. The van der Waals surface area contributed by atoms with Crippen molar-refractivity contribution in [3.63, 3.8) is 0 Å². The van der Waals surface area contributed by atoms with E-state index < -0.39 is 0 Å². The van der Waals surface area contributed by atoms with Crippen molar-refractivity contribution in [3.8, 4) is 17.2 Å². The van der Waals surface area contributed by atoms with Crippen molar-refractivity contribution in [2.45, 2.75) is 13.5 Å². The Bertz CT molecular complexity index is 1190. The van der Waals surface area contributed by atoms with Gasteiger partial charge >= 0.3 is 0 Å². The van der Waals surface area contributed by atoms with E-state index in [9.17, 15) is 4.79 Å². The van der Waals surface area contributed by atoms with Gasteiger partial charge in [-0.05, 0) is 42.8 Å². The predicted octanol–water partition coefficient (Wildman–Crippen LogP) is 5.32. The van der Waals surface area contributed by atoms with E-state index in [4.69, 9.17) is 19.2 Å². The molecule has 0 aliphatic carbocycles. The van der Waals surface area contributed by atoms with Gasteiger partial charge in [0.2, 0.25) is 0 Å². The van der Waals surface area contributed by atoms with Gasteiger partial charge in [-0.15, -0.1) is 0 Å². The molecule has 3 aromatic carbocycles. The number of rotatable bonds is 9. The van der Waals surface area contributed by atoms with Crippen molar-refractivity contribution in [3.05, 3.63) is 78.4 Å².